The predicted molar refractivity (Wildman–Crippen MR) is 132 cm³/mol. The molecule has 3 aromatic heterocycles. The Morgan fingerprint density at radius 1 is 0.658 bits per heavy atom. The van der Waals surface area contributed by atoms with E-state index in [9.17, 15) is 34.6 Å². The maximum Gasteiger partial charge on any atom is 0.465 e. The first kappa shape index (κ1) is 21.4. The van der Waals surface area contributed by atoms with Crippen molar-refractivity contribution in [2.24, 2.45) is 0 Å². The number of anilines is 1. The Bertz CT molecular complexity index is 2140. The molecule has 0 bridgehead atoms. The molecule has 14 heteroatoms. The van der Waals surface area contributed by atoms with Gasteiger partial charge in [-0.05, 0) is 56.2 Å². The summed E-state index contributed by atoms with van der Waals surface area (Å²) in [6.45, 7) is 0. The highest BCUT2D eigenvalue weighted by atomic mass is 16.6. The van der Waals surface area contributed by atoms with E-state index in [2.05, 4.69) is 15.0 Å². The van der Waals surface area contributed by atoms with E-state index in [4.69, 9.17) is 0 Å². The summed E-state index contributed by atoms with van der Waals surface area (Å²) in [5, 5.41) is 23.8. The molecule has 6 aromatic rings. The number of fused-ring (bicyclic) bond motifs is 4. The van der Waals surface area contributed by atoms with E-state index in [1.807, 2.05) is 0 Å². The van der Waals surface area contributed by atoms with Gasteiger partial charge in [-0.15, -0.1) is 0 Å². The van der Waals surface area contributed by atoms with Gasteiger partial charge in [-0.1, -0.05) is 18.2 Å². The lowest BCUT2D eigenvalue weighted by atomic mass is 9.90. The number of hydrogen-bond acceptors (Lipinski definition) is 10. The highest BCUT2D eigenvalue weighted by molar-refractivity contribution is 6.38. The molecule has 0 aliphatic carbocycles. The highest BCUT2D eigenvalue weighted by Gasteiger charge is 2.37. The predicted octanol–water partition coefficient (Wildman–Crippen LogP) is 3.00. The van der Waals surface area contributed by atoms with Gasteiger partial charge in [0.2, 0.25) is 0 Å². The monoisotopic (exact) mass is 507 g/mol. The lowest BCUT2D eigenvalue weighted by Crippen LogP contribution is -2.40. The largest absolute Gasteiger partial charge is 0.465 e. The number of carbonyl (C=O) groups is 2. The maximum absolute atomic E-state index is 13.6. The number of benzene rings is 3. The van der Waals surface area contributed by atoms with E-state index in [1.54, 1.807) is 30.3 Å². The molecule has 2 amide bonds. The van der Waals surface area contributed by atoms with Crippen molar-refractivity contribution >= 4 is 67.6 Å². The zero-order valence-corrected chi connectivity index (χ0v) is 18.7. The van der Waals surface area contributed by atoms with Crippen LogP contribution in [0, 0.1) is 20.2 Å². The number of hydrogen-bond donors (Lipinski definition) is 0. The van der Waals surface area contributed by atoms with Gasteiger partial charge in [0.1, 0.15) is 0 Å². The zero-order chi connectivity index (χ0) is 26.5. The number of pyridine rings is 1. The molecule has 0 atom stereocenters. The molecule has 0 fully saturated rings. The number of para-hydroxylation sites is 1. The second-order valence-corrected chi connectivity index (χ2v) is 8.46. The quantitative estimate of drug-likeness (QED) is 0.196. The van der Waals surface area contributed by atoms with Crippen LogP contribution >= 0.6 is 0 Å². The van der Waals surface area contributed by atoms with Gasteiger partial charge < -0.3 is 20.2 Å². The number of aromatic nitrogens is 4. The fourth-order valence-electron chi connectivity index (χ4n) is 4.98. The Morgan fingerprint density at radius 2 is 1.26 bits per heavy atom. The smallest absolute Gasteiger partial charge is 0.358 e. The lowest BCUT2D eigenvalue weighted by Gasteiger charge is -2.27. The summed E-state index contributed by atoms with van der Waals surface area (Å²) in [5.41, 5.74) is -0.607. The average molecular weight is 507 g/mol. The molecule has 0 N–H and O–H groups in total. The van der Waals surface area contributed by atoms with Gasteiger partial charge in [0.15, 0.2) is 5.65 Å². The fraction of sp³-hybridized carbons (Fsp3) is 0. The van der Waals surface area contributed by atoms with Crippen molar-refractivity contribution in [1.82, 2.24) is 19.4 Å². The van der Waals surface area contributed by atoms with Crippen LogP contribution in [-0.4, -0.2) is 41.0 Å². The topological polar surface area (TPSA) is 184 Å². The lowest BCUT2D eigenvalue weighted by molar-refractivity contribution is -0.428. The van der Waals surface area contributed by atoms with Gasteiger partial charge in [-0.3, -0.25) is 14.4 Å². The van der Waals surface area contributed by atoms with Crippen LogP contribution in [0.5, 0.6) is 0 Å². The van der Waals surface area contributed by atoms with E-state index in [1.165, 1.54) is 24.3 Å². The van der Waals surface area contributed by atoms with Crippen molar-refractivity contribution in [2.75, 3.05) is 4.90 Å². The van der Waals surface area contributed by atoms with Crippen LogP contribution in [0.2, 0.25) is 0 Å². The molecule has 0 spiro atoms. The number of imide groups is 1. The number of nitro groups is 2. The Hall–Kier alpha value is -5.92. The van der Waals surface area contributed by atoms with Crippen LogP contribution in [0.15, 0.2) is 59.4 Å². The van der Waals surface area contributed by atoms with Gasteiger partial charge in [0.25, 0.3) is 17.4 Å². The zero-order valence-electron chi connectivity index (χ0n) is 18.7. The molecule has 0 radical (unpaired) electrons. The minimum atomic E-state index is -1.13. The van der Waals surface area contributed by atoms with E-state index < -0.39 is 38.9 Å². The highest BCUT2D eigenvalue weighted by Crippen LogP contribution is 2.38. The van der Waals surface area contributed by atoms with E-state index in [0.29, 0.717) is 16.5 Å². The van der Waals surface area contributed by atoms with Crippen LogP contribution in [0.1, 0.15) is 20.7 Å². The fourth-order valence-corrected chi connectivity index (χ4v) is 4.98. The minimum Gasteiger partial charge on any atom is -0.358 e. The standard InChI is InChI=1S/C24H9N7O7/c32-22-13-7-6-11-15-12(8-9-14(16(13)15)23(33)28(22)10-4-2-1-3-5-10)24(34)29-18(11)25-17-19(29)27-21(31(37)38)20(26-17)30(35)36/h1-9H. The van der Waals surface area contributed by atoms with Crippen LogP contribution in [0.3, 0.4) is 0 Å². The van der Waals surface area contributed by atoms with Crippen LogP contribution < -0.4 is 10.5 Å². The molecule has 4 heterocycles. The number of nitrogens with zero attached hydrogens (tertiary/aromatic N) is 7. The van der Waals surface area contributed by atoms with Gasteiger partial charge in [0, 0.05) is 32.7 Å². The van der Waals surface area contributed by atoms with Crippen molar-refractivity contribution in [2.45, 2.75) is 0 Å². The summed E-state index contributed by atoms with van der Waals surface area (Å²) in [6.07, 6.45) is 0. The molecule has 14 nitrogen and oxygen atoms in total. The molecule has 38 heavy (non-hydrogen) atoms. The molecule has 0 unspecified atom stereocenters. The molecular weight excluding hydrogens is 498 g/mol. The van der Waals surface area contributed by atoms with Crippen LogP contribution in [-0.2, 0) is 0 Å². The first-order valence-corrected chi connectivity index (χ1v) is 11.0. The molecule has 1 aliphatic heterocycles. The first-order valence-electron chi connectivity index (χ1n) is 11.0. The molecule has 1 aliphatic rings. The third kappa shape index (κ3) is 2.54. The summed E-state index contributed by atoms with van der Waals surface area (Å²) >= 11 is 0. The van der Waals surface area contributed by atoms with Crippen LogP contribution in [0.4, 0.5) is 17.3 Å². The number of amides is 2. The molecular formula is C24H9N7O7. The van der Waals surface area contributed by atoms with Crippen molar-refractivity contribution in [3.8, 4) is 0 Å². The van der Waals surface area contributed by atoms with E-state index in [-0.39, 0.29) is 38.8 Å². The Balaban J connectivity index is 1.60. The molecule has 0 saturated carbocycles. The van der Waals surface area contributed by atoms with E-state index in [0.717, 1.165) is 9.30 Å². The van der Waals surface area contributed by atoms with Gasteiger partial charge in [-0.25, -0.2) is 9.30 Å². The van der Waals surface area contributed by atoms with E-state index >= 15 is 0 Å². The number of rotatable bonds is 3. The Morgan fingerprint density at radius 3 is 1.89 bits per heavy atom. The normalized spacial score (nSPS) is 13.3. The third-order valence-electron chi connectivity index (χ3n) is 6.52. The van der Waals surface area contributed by atoms with Crippen molar-refractivity contribution in [3.05, 3.63) is 96.3 Å². The second-order valence-electron chi connectivity index (χ2n) is 8.46. The molecule has 7 rings (SSSR count). The summed E-state index contributed by atoms with van der Waals surface area (Å²) in [5.74, 6) is -3.39. The van der Waals surface area contributed by atoms with Gasteiger partial charge >= 0.3 is 22.9 Å². The third-order valence-corrected chi connectivity index (χ3v) is 6.52. The van der Waals surface area contributed by atoms with Gasteiger partial charge in [-0.2, -0.15) is 4.98 Å². The van der Waals surface area contributed by atoms with Gasteiger partial charge in [0.05, 0.1) is 5.69 Å². The summed E-state index contributed by atoms with van der Waals surface area (Å²) < 4.78 is 0.987. The Kier molecular flexibility index (Phi) is 3.97. The molecule has 0 saturated heterocycles. The maximum atomic E-state index is 13.6. The summed E-state index contributed by atoms with van der Waals surface area (Å²) in [7, 11) is 0. The van der Waals surface area contributed by atoms with Crippen molar-refractivity contribution in [1.29, 1.82) is 0 Å². The number of carbonyl (C=O) groups excluding carboxylic acids is 2. The van der Waals surface area contributed by atoms with Crippen molar-refractivity contribution < 1.29 is 19.4 Å². The Labute approximate surface area is 208 Å². The number of imidazole rings is 1. The second kappa shape index (κ2) is 7.07. The minimum absolute atomic E-state index is 0.0265. The SMILES string of the molecule is O=C1c2ccc3c(=O)n4c5nc([N+](=O)[O-])c([N+](=O)[O-])nc5nc4c4ccc(c2c34)C(=O)N1c1ccccc1. The summed E-state index contributed by atoms with van der Waals surface area (Å²) in [4.78, 5) is 73.9. The first-order chi connectivity index (χ1) is 18.3. The molecule has 182 valence electrons. The average Bonchev–Trinajstić information content (AvgIpc) is 3.29. The van der Waals surface area contributed by atoms with Crippen molar-refractivity contribution in [3.63, 3.8) is 0 Å². The van der Waals surface area contributed by atoms with Crippen LogP contribution in [0.25, 0.3) is 38.5 Å². The summed E-state index contributed by atoms with van der Waals surface area (Å²) in [6, 6.07) is 14.3. The molecule has 3 aromatic carbocycles.